The van der Waals surface area contributed by atoms with E-state index >= 15 is 0 Å². The van der Waals surface area contributed by atoms with Crippen molar-refractivity contribution in [1.29, 1.82) is 0 Å². The molecule has 0 aliphatic carbocycles. The fourth-order valence-electron chi connectivity index (χ4n) is 3.89. The van der Waals surface area contributed by atoms with Crippen molar-refractivity contribution in [3.05, 3.63) is 38.2 Å². The summed E-state index contributed by atoms with van der Waals surface area (Å²) in [5.41, 5.74) is 0. The molecule has 0 heterocycles. The van der Waals surface area contributed by atoms with Gasteiger partial charge in [0.1, 0.15) is 0 Å². The molecule has 0 unspecified atom stereocenters. The minimum absolute atomic E-state index is 0. The van der Waals surface area contributed by atoms with Gasteiger partial charge in [-0.2, -0.15) is 0 Å². The van der Waals surface area contributed by atoms with Crippen molar-refractivity contribution in [2.75, 3.05) is 13.2 Å². The number of unbranched alkanes of at least 4 members (excludes halogenated alkanes) is 20. The Labute approximate surface area is 318 Å². The predicted molar refractivity (Wildman–Crippen MR) is 200 cm³/mol. The maximum atomic E-state index is 11.0. The number of carbonyl (C=O) groups excluding carboxylic acids is 4. The van der Waals surface area contributed by atoms with Crippen LogP contribution in [0.5, 0.6) is 0 Å². The number of aliphatic carboxylic acids is 2. The number of ether oxygens (including phenoxy) is 2. The summed E-state index contributed by atoms with van der Waals surface area (Å²) in [6.45, 7) is 16.6. The summed E-state index contributed by atoms with van der Waals surface area (Å²) in [5.74, 6) is -4.02. The van der Waals surface area contributed by atoms with E-state index in [4.69, 9.17) is 9.47 Å². The van der Waals surface area contributed by atoms with Gasteiger partial charge in [0.15, 0.2) is 0 Å². The Morgan fingerprint density at radius 3 is 0.857 bits per heavy atom. The molecule has 284 valence electrons. The first-order chi connectivity index (χ1) is 23.2. The molecule has 8 nitrogen and oxygen atoms in total. The average Bonchev–Trinajstić information content (AvgIpc) is 3.08. The third kappa shape index (κ3) is 68.8. The SMILES string of the molecule is CCCCCCCCCCCCOC(=O)/C=C/C(=O)[O-].CCCCCCCCCCCCOC(=O)/C=C/C(=O)[O-].[CH2]CCC.[CH2]CCC.[Sn+2]. The van der Waals surface area contributed by atoms with E-state index in [0.717, 1.165) is 50.7 Å². The van der Waals surface area contributed by atoms with Gasteiger partial charge in [-0.05, 0) is 25.0 Å². The number of carboxylic acids is 2. The monoisotopic (exact) mass is 800 g/mol. The Morgan fingerprint density at radius 1 is 0.429 bits per heavy atom. The van der Waals surface area contributed by atoms with Crippen LogP contribution >= 0.6 is 0 Å². The van der Waals surface area contributed by atoms with Crippen LogP contribution in [-0.2, 0) is 28.7 Å². The first-order valence-corrected chi connectivity index (χ1v) is 18.9. The van der Waals surface area contributed by atoms with Crippen molar-refractivity contribution in [1.82, 2.24) is 0 Å². The molecule has 0 rings (SSSR count). The molecule has 0 amide bonds. The Morgan fingerprint density at radius 2 is 0.653 bits per heavy atom. The van der Waals surface area contributed by atoms with Gasteiger partial charge < -0.3 is 29.3 Å². The molecule has 0 saturated carbocycles. The number of hydrogen-bond donors (Lipinski definition) is 0. The van der Waals surface area contributed by atoms with Gasteiger partial charge in [0.2, 0.25) is 0 Å². The first kappa shape index (κ1) is 56.5. The van der Waals surface area contributed by atoms with E-state index in [0.29, 0.717) is 25.4 Å². The zero-order chi connectivity index (χ0) is 36.9. The third-order valence-corrected chi connectivity index (χ3v) is 6.90. The molecule has 49 heavy (non-hydrogen) atoms. The molecular weight excluding hydrogens is 727 g/mol. The molecule has 0 saturated heterocycles. The Balaban J connectivity index is -0.000000212. The smallest absolute Gasteiger partial charge is 0.545 e. The van der Waals surface area contributed by atoms with Crippen LogP contribution in [0.1, 0.15) is 182 Å². The van der Waals surface area contributed by atoms with E-state index < -0.39 is 23.9 Å². The fraction of sp³-hybridized carbons (Fsp3) is 0.750. The maximum Gasteiger partial charge on any atom is 2.00 e. The van der Waals surface area contributed by atoms with E-state index in [1.54, 1.807) is 0 Å². The molecule has 0 aromatic carbocycles. The summed E-state index contributed by atoms with van der Waals surface area (Å²) in [5, 5.41) is 20.1. The molecule has 0 atom stereocenters. The second-order valence-electron chi connectivity index (χ2n) is 11.7. The van der Waals surface area contributed by atoms with Crippen LogP contribution in [0.3, 0.4) is 0 Å². The summed E-state index contributed by atoms with van der Waals surface area (Å²) in [6, 6.07) is 0. The summed E-state index contributed by atoms with van der Waals surface area (Å²) < 4.78 is 9.70. The van der Waals surface area contributed by atoms with Gasteiger partial charge in [0, 0.05) is 12.2 Å². The van der Waals surface area contributed by atoms with E-state index in [2.05, 4.69) is 41.5 Å². The zero-order valence-electron chi connectivity index (χ0n) is 31.9. The Hall–Kier alpha value is -1.84. The second kappa shape index (κ2) is 53.0. The van der Waals surface area contributed by atoms with Crippen LogP contribution in [0.4, 0.5) is 0 Å². The van der Waals surface area contributed by atoms with E-state index in [1.807, 2.05) is 0 Å². The summed E-state index contributed by atoms with van der Waals surface area (Å²) in [7, 11) is 0. The second-order valence-corrected chi connectivity index (χ2v) is 11.7. The fourth-order valence-corrected chi connectivity index (χ4v) is 3.89. The molecule has 9 heteroatoms. The van der Waals surface area contributed by atoms with Gasteiger partial charge in [-0.1, -0.05) is 183 Å². The molecule has 0 aliphatic heterocycles. The number of esters is 2. The van der Waals surface area contributed by atoms with Crippen molar-refractivity contribution < 1.29 is 38.9 Å². The molecule has 0 fully saturated rings. The van der Waals surface area contributed by atoms with Crippen LogP contribution in [0.25, 0.3) is 0 Å². The number of rotatable bonds is 28. The van der Waals surface area contributed by atoms with Crippen LogP contribution in [-0.4, -0.2) is 61.0 Å². The third-order valence-electron chi connectivity index (χ3n) is 6.90. The van der Waals surface area contributed by atoms with E-state index in [9.17, 15) is 29.4 Å². The predicted octanol–water partition coefficient (Wildman–Crippen LogP) is 8.37. The van der Waals surface area contributed by atoms with Crippen LogP contribution in [0.2, 0.25) is 0 Å². The normalized spacial score (nSPS) is 10.1. The summed E-state index contributed by atoms with van der Waals surface area (Å²) in [4.78, 5) is 42.1. The van der Waals surface area contributed by atoms with Crippen molar-refractivity contribution in [2.45, 2.75) is 182 Å². The quantitative estimate of drug-likeness (QED) is 0.0334. The minimum Gasteiger partial charge on any atom is -0.545 e. The maximum absolute atomic E-state index is 11.0. The van der Waals surface area contributed by atoms with Crippen molar-refractivity contribution in [3.63, 3.8) is 0 Å². The number of carbonyl (C=O) groups is 4. The molecule has 0 aromatic heterocycles. The minimum atomic E-state index is -1.39. The molecule has 0 N–H and O–H groups in total. The Bertz CT molecular complexity index is 687. The van der Waals surface area contributed by atoms with Crippen LogP contribution in [0, 0.1) is 13.8 Å². The average molecular weight is 800 g/mol. The van der Waals surface area contributed by atoms with Crippen LogP contribution in [0.15, 0.2) is 24.3 Å². The molecular formula is C40H72O8Sn. The standard InChI is InChI=1S/2C16H28O4.2C4H9.Sn/c2*1-2-3-4-5-6-7-8-9-10-11-14-20-16(19)13-12-15(17)18;2*1-3-4-2;/h2*12-13H,2-11,14H2,1H3,(H,17,18);2*1,3-4H2,2H3;/q;;;;+2/p-2/b2*13-12+;;;. The topological polar surface area (TPSA) is 133 Å². The zero-order valence-corrected chi connectivity index (χ0v) is 34.7. The molecule has 0 bridgehead atoms. The largest absolute Gasteiger partial charge is 2.00 e. The molecule has 0 aliphatic rings. The molecule has 0 spiro atoms. The Kier molecular flexibility index (Phi) is 61.1. The summed E-state index contributed by atoms with van der Waals surface area (Å²) in [6.07, 6.45) is 32.1. The van der Waals surface area contributed by atoms with Gasteiger partial charge in [0.25, 0.3) is 0 Å². The van der Waals surface area contributed by atoms with E-state index in [-0.39, 0.29) is 23.9 Å². The first-order valence-electron chi connectivity index (χ1n) is 18.9. The molecule has 0 aromatic rings. The number of hydrogen-bond acceptors (Lipinski definition) is 8. The van der Waals surface area contributed by atoms with Crippen molar-refractivity contribution in [2.24, 2.45) is 0 Å². The summed E-state index contributed by atoms with van der Waals surface area (Å²) >= 11 is 0. The van der Waals surface area contributed by atoms with Gasteiger partial charge in [-0.25, -0.2) is 9.59 Å². The van der Waals surface area contributed by atoms with Gasteiger partial charge in [-0.3, -0.25) is 0 Å². The van der Waals surface area contributed by atoms with Crippen LogP contribution < -0.4 is 10.2 Å². The van der Waals surface area contributed by atoms with Gasteiger partial charge >= 0.3 is 35.8 Å². The number of carboxylic acid groups (broad SMARTS) is 2. The van der Waals surface area contributed by atoms with Crippen molar-refractivity contribution >= 4 is 47.8 Å². The van der Waals surface area contributed by atoms with Crippen molar-refractivity contribution in [3.8, 4) is 0 Å². The van der Waals surface area contributed by atoms with E-state index in [1.165, 1.54) is 116 Å². The van der Waals surface area contributed by atoms with Gasteiger partial charge in [0.05, 0.1) is 25.2 Å². The van der Waals surface area contributed by atoms with Gasteiger partial charge in [-0.15, -0.1) is 0 Å². The molecule has 4 radical (unpaired) electrons.